The van der Waals surface area contributed by atoms with Crippen LogP contribution in [0.25, 0.3) is 22.2 Å². The van der Waals surface area contributed by atoms with E-state index < -0.39 is 6.03 Å². The summed E-state index contributed by atoms with van der Waals surface area (Å²) < 4.78 is 7.58. The number of methoxy groups -OCH3 is 1. The Morgan fingerprint density at radius 3 is 2.55 bits per heavy atom. The minimum absolute atomic E-state index is 0.462. The van der Waals surface area contributed by atoms with E-state index in [-0.39, 0.29) is 0 Å². The summed E-state index contributed by atoms with van der Waals surface area (Å²) in [6.45, 7) is 1.86. The van der Waals surface area contributed by atoms with Crippen LogP contribution in [0.15, 0.2) is 79.1 Å². The van der Waals surface area contributed by atoms with Gasteiger partial charge in [-0.25, -0.2) is 4.79 Å². The van der Waals surface area contributed by atoms with Crippen LogP contribution < -0.4 is 10.6 Å². The van der Waals surface area contributed by atoms with Crippen molar-refractivity contribution in [2.75, 3.05) is 25.2 Å². The Kier molecular flexibility index (Phi) is 6.29. The Balaban J connectivity index is 1.69. The minimum atomic E-state index is -0.462. The maximum atomic E-state index is 12.2. The molecule has 0 aliphatic carbocycles. The fourth-order valence-electron chi connectivity index (χ4n) is 3.85. The van der Waals surface area contributed by atoms with Gasteiger partial charge in [-0.2, -0.15) is 0 Å². The molecule has 2 amide bonds. The van der Waals surface area contributed by atoms with Crippen LogP contribution in [-0.4, -0.2) is 35.8 Å². The Bertz CT molecular complexity index is 1160. The number of hydrogen-bond donors (Lipinski definition) is 1. The first kappa shape index (κ1) is 20.6. The molecular weight excluding hydrogens is 388 g/mol. The monoisotopic (exact) mass is 414 g/mol. The van der Waals surface area contributed by atoms with Crippen molar-refractivity contribution in [2.24, 2.45) is 5.73 Å². The number of aromatic nitrogens is 2. The first-order valence-corrected chi connectivity index (χ1v) is 10.3. The van der Waals surface area contributed by atoms with E-state index in [1.807, 2.05) is 42.5 Å². The quantitative estimate of drug-likeness (QED) is 0.462. The molecule has 2 aromatic carbocycles. The fourth-order valence-corrected chi connectivity index (χ4v) is 3.85. The van der Waals surface area contributed by atoms with Crippen molar-refractivity contribution < 1.29 is 9.53 Å². The van der Waals surface area contributed by atoms with Gasteiger partial charge in [-0.15, -0.1) is 0 Å². The molecule has 2 N–H and O–H groups in total. The third kappa shape index (κ3) is 4.59. The topological polar surface area (TPSA) is 73.4 Å². The van der Waals surface area contributed by atoms with Crippen LogP contribution in [0.1, 0.15) is 5.56 Å². The lowest BCUT2D eigenvalue weighted by molar-refractivity contribution is 0.189. The Hall–Kier alpha value is -3.64. The van der Waals surface area contributed by atoms with Crippen molar-refractivity contribution in [1.29, 1.82) is 0 Å². The zero-order valence-electron chi connectivity index (χ0n) is 17.6. The summed E-state index contributed by atoms with van der Waals surface area (Å²) in [6, 6.07) is 21.9. The summed E-state index contributed by atoms with van der Waals surface area (Å²) in [5.41, 5.74) is 11.0. The van der Waals surface area contributed by atoms with Crippen LogP contribution in [0.3, 0.4) is 0 Å². The molecule has 0 aliphatic rings. The standard InChI is InChI=1S/C25H26N4O2/c1-31-16-15-29-23-8-7-22(17-21(23)18-24(29)20-5-3-2-4-6-20)28(25(26)30)14-11-19-9-12-27-13-10-19/h2-10,12-13,17-18H,11,14-16H2,1H3,(H2,26,30). The predicted octanol–water partition coefficient (Wildman–Crippen LogP) is 4.48. The van der Waals surface area contributed by atoms with Crippen LogP contribution in [0.4, 0.5) is 10.5 Å². The zero-order valence-corrected chi connectivity index (χ0v) is 17.6. The molecule has 4 aromatic rings. The largest absolute Gasteiger partial charge is 0.383 e. The molecule has 2 heterocycles. The summed E-state index contributed by atoms with van der Waals surface area (Å²) in [5.74, 6) is 0. The van der Waals surface area contributed by atoms with Gasteiger partial charge in [0.25, 0.3) is 0 Å². The molecule has 0 fully saturated rings. The average molecular weight is 415 g/mol. The number of pyridine rings is 1. The third-order valence-electron chi connectivity index (χ3n) is 5.42. The molecule has 6 heteroatoms. The van der Waals surface area contributed by atoms with Crippen LogP contribution >= 0.6 is 0 Å². The van der Waals surface area contributed by atoms with Gasteiger partial charge in [0, 0.05) is 54.9 Å². The van der Waals surface area contributed by atoms with Crippen molar-refractivity contribution in [3.05, 3.63) is 84.7 Å². The summed E-state index contributed by atoms with van der Waals surface area (Å²) in [7, 11) is 1.71. The highest BCUT2D eigenvalue weighted by molar-refractivity contribution is 5.95. The van der Waals surface area contributed by atoms with Crippen molar-refractivity contribution in [3.8, 4) is 11.3 Å². The van der Waals surface area contributed by atoms with Crippen LogP contribution in [0.5, 0.6) is 0 Å². The Morgan fingerprint density at radius 2 is 1.84 bits per heavy atom. The molecule has 4 rings (SSSR count). The Labute approximate surface area is 181 Å². The predicted molar refractivity (Wildman–Crippen MR) is 124 cm³/mol. The van der Waals surface area contributed by atoms with Crippen molar-refractivity contribution in [2.45, 2.75) is 13.0 Å². The fraction of sp³-hybridized carbons (Fsp3) is 0.200. The lowest BCUT2D eigenvalue weighted by Crippen LogP contribution is -2.37. The van der Waals surface area contributed by atoms with E-state index in [1.165, 1.54) is 0 Å². The molecule has 0 atom stereocenters. The number of carbonyl (C=O) groups is 1. The number of nitrogens with two attached hydrogens (primary N) is 1. The summed E-state index contributed by atoms with van der Waals surface area (Å²) in [6.07, 6.45) is 4.21. The van der Waals surface area contributed by atoms with Crippen LogP contribution in [0, 0.1) is 0 Å². The second kappa shape index (κ2) is 9.45. The third-order valence-corrected chi connectivity index (χ3v) is 5.42. The van der Waals surface area contributed by atoms with E-state index in [4.69, 9.17) is 10.5 Å². The van der Waals surface area contributed by atoms with Crippen molar-refractivity contribution in [1.82, 2.24) is 9.55 Å². The van der Waals surface area contributed by atoms with Gasteiger partial charge in [0.1, 0.15) is 0 Å². The molecule has 0 saturated heterocycles. The normalized spacial score (nSPS) is 11.0. The number of fused-ring (bicyclic) bond motifs is 1. The molecule has 158 valence electrons. The van der Waals surface area contributed by atoms with Crippen molar-refractivity contribution in [3.63, 3.8) is 0 Å². The zero-order chi connectivity index (χ0) is 21.6. The van der Waals surface area contributed by atoms with Gasteiger partial charge < -0.3 is 15.0 Å². The molecule has 0 bridgehead atoms. The SMILES string of the molecule is COCCn1c(-c2ccccc2)cc2cc(N(CCc3ccncc3)C(N)=O)ccc21. The molecular formula is C25H26N4O2. The number of nitrogens with zero attached hydrogens (tertiary/aromatic N) is 3. The highest BCUT2D eigenvalue weighted by atomic mass is 16.5. The van der Waals surface area contributed by atoms with Crippen molar-refractivity contribution >= 4 is 22.6 Å². The molecule has 0 saturated carbocycles. The van der Waals surface area contributed by atoms with E-state index in [9.17, 15) is 4.79 Å². The number of benzene rings is 2. The van der Waals surface area contributed by atoms with Gasteiger partial charge in [0.05, 0.1) is 6.61 Å². The van der Waals surface area contributed by atoms with E-state index in [0.717, 1.165) is 40.0 Å². The molecule has 6 nitrogen and oxygen atoms in total. The summed E-state index contributed by atoms with van der Waals surface area (Å²) >= 11 is 0. The van der Waals surface area contributed by atoms with E-state index in [0.29, 0.717) is 19.6 Å². The minimum Gasteiger partial charge on any atom is -0.383 e. The molecule has 31 heavy (non-hydrogen) atoms. The summed E-state index contributed by atoms with van der Waals surface area (Å²) in [5, 5.41) is 1.06. The van der Waals surface area contributed by atoms with Gasteiger partial charge in [-0.3, -0.25) is 9.88 Å². The molecule has 0 aliphatic heterocycles. The molecule has 0 unspecified atom stereocenters. The Morgan fingerprint density at radius 1 is 1.06 bits per heavy atom. The van der Waals surface area contributed by atoms with Gasteiger partial charge in [-0.05, 0) is 53.9 Å². The maximum absolute atomic E-state index is 12.2. The van der Waals surface area contributed by atoms with E-state index >= 15 is 0 Å². The molecule has 2 aromatic heterocycles. The number of rotatable bonds is 8. The average Bonchev–Trinajstić information content (AvgIpc) is 3.16. The van der Waals surface area contributed by atoms with E-state index in [1.54, 1.807) is 24.4 Å². The number of primary amides is 1. The highest BCUT2D eigenvalue weighted by Crippen LogP contribution is 2.31. The van der Waals surface area contributed by atoms with Gasteiger partial charge in [0.15, 0.2) is 0 Å². The number of anilines is 1. The summed E-state index contributed by atoms with van der Waals surface area (Å²) in [4.78, 5) is 17.9. The van der Waals surface area contributed by atoms with Gasteiger partial charge in [0.2, 0.25) is 0 Å². The number of amides is 2. The van der Waals surface area contributed by atoms with Gasteiger partial charge >= 0.3 is 6.03 Å². The van der Waals surface area contributed by atoms with Gasteiger partial charge in [-0.1, -0.05) is 30.3 Å². The smallest absolute Gasteiger partial charge is 0.319 e. The van der Waals surface area contributed by atoms with E-state index in [2.05, 4.69) is 33.8 Å². The highest BCUT2D eigenvalue weighted by Gasteiger charge is 2.16. The van der Waals surface area contributed by atoms with Crippen LogP contribution in [-0.2, 0) is 17.7 Å². The number of ether oxygens (including phenoxy) is 1. The molecule has 0 spiro atoms. The first-order valence-electron chi connectivity index (χ1n) is 10.3. The lowest BCUT2D eigenvalue weighted by atomic mass is 10.1. The second-order valence-electron chi connectivity index (χ2n) is 7.38. The second-order valence-corrected chi connectivity index (χ2v) is 7.38. The number of carbonyl (C=O) groups excluding carboxylic acids is 1. The number of hydrogen-bond acceptors (Lipinski definition) is 3. The maximum Gasteiger partial charge on any atom is 0.319 e. The van der Waals surface area contributed by atoms with Crippen LogP contribution in [0.2, 0.25) is 0 Å². The lowest BCUT2D eigenvalue weighted by Gasteiger charge is -2.21. The number of urea groups is 1. The molecule has 0 radical (unpaired) electrons. The first-order chi connectivity index (χ1) is 15.2.